The lowest BCUT2D eigenvalue weighted by atomic mass is 10.1. The Morgan fingerprint density at radius 2 is 0.824 bits per heavy atom. The van der Waals surface area contributed by atoms with Crippen LogP contribution in [-0.4, -0.2) is 74.3 Å². The monoisotopic (exact) mass is 1050 g/mol. The zero-order chi connectivity index (χ0) is 54.3. The molecule has 0 aliphatic carbocycles. The van der Waals surface area contributed by atoms with Gasteiger partial charge in [-0.25, -0.2) is 4.57 Å². The molecule has 3 atom stereocenters. The minimum Gasteiger partial charge on any atom is -0.456 e. The van der Waals surface area contributed by atoms with E-state index in [9.17, 15) is 19.0 Å². The third-order valence-electron chi connectivity index (χ3n) is 12.7. The first-order chi connectivity index (χ1) is 35.9. The predicted octanol–water partition coefficient (Wildman–Crippen LogP) is 18.4. The molecular formula is C64H114N2O7P+. The van der Waals surface area contributed by atoms with Crippen LogP contribution in [0.1, 0.15) is 245 Å². The van der Waals surface area contributed by atoms with Crippen molar-refractivity contribution in [3.05, 3.63) is 97.2 Å². The van der Waals surface area contributed by atoms with Gasteiger partial charge in [-0.15, -0.1) is 0 Å². The number of amides is 1. The first-order valence-electron chi connectivity index (χ1n) is 30.1. The van der Waals surface area contributed by atoms with E-state index in [1.54, 1.807) is 0 Å². The molecule has 74 heavy (non-hydrogen) atoms. The number of hydrogen-bond donors (Lipinski definition) is 2. The highest BCUT2D eigenvalue weighted by Gasteiger charge is 2.30. The molecule has 0 aliphatic rings. The van der Waals surface area contributed by atoms with E-state index < -0.39 is 20.0 Å². The zero-order valence-corrected chi connectivity index (χ0v) is 49.4. The van der Waals surface area contributed by atoms with Crippen molar-refractivity contribution in [1.82, 2.24) is 5.32 Å². The Labute approximate surface area is 456 Å². The van der Waals surface area contributed by atoms with Crippen LogP contribution in [0.15, 0.2) is 97.2 Å². The molecule has 0 aliphatic heterocycles. The Bertz CT molecular complexity index is 1590. The molecule has 1 amide bonds. The minimum atomic E-state index is -4.47. The molecule has 0 aromatic carbocycles. The molecule has 3 unspecified atom stereocenters. The number of carbonyl (C=O) groups is 2. The van der Waals surface area contributed by atoms with Gasteiger partial charge in [0.05, 0.1) is 33.8 Å². The van der Waals surface area contributed by atoms with Gasteiger partial charge in [-0.3, -0.25) is 18.6 Å². The van der Waals surface area contributed by atoms with Crippen LogP contribution in [0.5, 0.6) is 0 Å². The average Bonchev–Trinajstić information content (AvgIpc) is 3.36. The van der Waals surface area contributed by atoms with Crippen molar-refractivity contribution in [2.75, 3.05) is 40.9 Å². The molecule has 0 saturated heterocycles. The maximum absolute atomic E-state index is 13.5. The first-order valence-corrected chi connectivity index (χ1v) is 31.6. The number of esters is 1. The molecule has 2 N–H and O–H groups in total. The van der Waals surface area contributed by atoms with Gasteiger partial charge >= 0.3 is 13.8 Å². The molecule has 0 spiro atoms. The summed E-state index contributed by atoms with van der Waals surface area (Å²) in [6, 6.07) is -0.879. The number of likely N-dealkylation sites (N-methyl/N-ethyl adjacent to an activating group) is 1. The molecular weight excluding hydrogens is 940 g/mol. The molecule has 0 aromatic heterocycles. The highest BCUT2D eigenvalue weighted by Crippen LogP contribution is 2.43. The number of unbranched alkanes of at least 4 members (excludes halogenated alkanes) is 23. The highest BCUT2D eigenvalue weighted by molar-refractivity contribution is 7.47. The van der Waals surface area contributed by atoms with Crippen LogP contribution in [0.3, 0.4) is 0 Å². The Kier molecular flexibility index (Phi) is 51.1. The van der Waals surface area contributed by atoms with Crippen LogP contribution >= 0.6 is 7.82 Å². The van der Waals surface area contributed by atoms with Gasteiger partial charge in [-0.2, -0.15) is 0 Å². The second-order valence-electron chi connectivity index (χ2n) is 21.2. The summed E-state index contributed by atoms with van der Waals surface area (Å²) in [5.74, 6) is -0.571. The third-order valence-corrected chi connectivity index (χ3v) is 13.7. The van der Waals surface area contributed by atoms with Crippen molar-refractivity contribution >= 4 is 19.7 Å². The van der Waals surface area contributed by atoms with Crippen LogP contribution in [-0.2, 0) is 27.9 Å². The summed E-state index contributed by atoms with van der Waals surface area (Å²) in [6.45, 7) is 6.90. The van der Waals surface area contributed by atoms with Crippen molar-refractivity contribution in [1.29, 1.82) is 0 Å². The van der Waals surface area contributed by atoms with Crippen LogP contribution in [0, 0.1) is 0 Å². The van der Waals surface area contributed by atoms with E-state index in [4.69, 9.17) is 13.8 Å². The Morgan fingerprint density at radius 3 is 1.27 bits per heavy atom. The van der Waals surface area contributed by atoms with Crippen molar-refractivity contribution in [2.24, 2.45) is 0 Å². The summed E-state index contributed by atoms with van der Waals surface area (Å²) in [5.41, 5.74) is 0. The predicted molar refractivity (Wildman–Crippen MR) is 318 cm³/mol. The average molecular weight is 1050 g/mol. The number of phosphoric ester groups is 1. The van der Waals surface area contributed by atoms with Crippen LogP contribution < -0.4 is 5.32 Å². The largest absolute Gasteiger partial charge is 0.472 e. The number of hydrogen-bond acceptors (Lipinski definition) is 6. The quantitative estimate of drug-likeness (QED) is 0.0205. The maximum Gasteiger partial charge on any atom is 0.472 e. The lowest BCUT2D eigenvalue weighted by molar-refractivity contribution is -0.870. The summed E-state index contributed by atoms with van der Waals surface area (Å²) in [5, 5.41) is 3.03. The number of carbonyl (C=O) groups excluding carboxylic acids is 2. The molecule has 0 bridgehead atoms. The van der Waals surface area contributed by atoms with Gasteiger partial charge < -0.3 is 19.4 Å². The van der Waals surface area contributed by atoms with Gasteiger partial charge in [-0.05, 0) is 115 Å². The van der Waals surface area contributed by atoms with Crippen molar-refractivity contribution < 1.29 is 37.3 Å². The lowest BCUT2D eigenvalue weighted by Crippen LogP contribution is -2.47. The topological polar surface area (TPSA) is 111 Å². The van der Waals surface area contributed by atoms with Crippen molar-refractivity contribution in [3.63, 3.8) is 0 Å². The van der Waals surface area contributed by atoms with E-state index in [0.29, 0.717) is 23.9 Å². The Hall–Kier alpha value is -3.07. The SMILES string of the molecule is CCCCC/C=C\C/C=C\C/C=C\C/C=C\CCCCCC(=O)NC(COP(=O)(O)OCC[N+](C)(C)C)C(/C=C/CCCCCCCCCCCC)OC(=O)CCCCCC/C=C\C/C=C\C/C=C\CCCCC. The number of rotatable bonds is 53. The molecule has 0 saturated carbocycles. The summed E-state index contributed by atoms with van der Waals surface area (Å²) in [4.78, 5) is 37.6. The highest BCUT2D eigenvalue weighted by atomic mass is 31.2. The zero-order valence-electron chi connectivity index (χ0n) is 48.6. The van der Waals surface area contributed by atoms with E-state index in [-0.39, 0.29) is 37.9 Å². The van der Waals surface area contributed by atoms with Crippen LogP contribution in [0.25, 0.3) is 0 Å². The molecule has 10 heteroatoms. The van der Waals surface area contributed by atoms with E-state index >= 15 is 0 Å². The molecule has 0 fully saturated rings. The smallest absolute Gasteiger partial charge is 0.456 e. The van der Waals surface area contributed by atoms with Gasteiger partial charge in [0.25, 0.3) is 0 Å². The van der Waals surface area contributed by atoms with Crippen molar-refractivity contribution in [2.45, 2.75) is 258 Å². The first kappa shape index (κ1) is 70.9. The van der Waals surface area contributed by atoms with Crippen molar-refractivity contribution in [3.8, 4) is 0 Å². The Balaban J connectivity index is 5.42. The lowest BCUT2D eigenvalue weighted by Gasteiger charge is -2.27. The second-order valence-corrected chi connectivity index (χ2v) is 22.6. The summed E-state index contributed by atoms with van der Waals surface area (Å²) in [7, 11) is 1.45. The second kappa shape index (κ2) is 53.3. The van der Waals surface area contributed by atoms with E-state index in [1.807, 2.05) is 33.3 Å². The number of quaternary nitrogens is 1. The standard InChI is InChI=1S/C64H113N2O7P/c1-7-10-13-16-19-22-25-28-30-32-33-35-36-38-41-44-47-50-53-56-63(67)65-61(60-72-74(69,70)71-59-58-66(4,5)6)62(55-52-49-46-43-40-27-24-21-18-15-12-9-3)73-64(68)57-54-51-48-45-42-39-37-34-31-29-26-23-20-17-14-11-8-2/h19-20,22-23,28-31,33,35,37-39,41,52,55,61-62H,7-18,21,24-27,32,34,36,40,42-51,53-54,56-60H2,1-6H3,(H-,65,67,69,70)/p+1/b22-19-,23-20-,30-28-,31-29-,35-33-,39-37-,41-38-,55-52+. The fraction of sp³-hybridized carbons (Fsp3) is 0.719. The number of nitrogens with one attached hydrogen (secondary N) is 1. The minimum absolute atomic E-state index is 0.0253. The van der Waals surface area contributed by atoms with Gasteiger partial charge in [0, 0.05) is 12.8 Å². The fourth-order valence-electron chi connectivity index (χ4n) is 8.05. The van der Waals surface area contributed by atoms with Gasteiger partial charge in [0.1, 0.15) is 19.3 Å². The number of phosphoric acid groups is 1. The van der Waals surface area contributed by atoms with Gasteiger partial charge in [0.15, 0.2) is 0 Å². The van der Waals surface area contributed by atoms with Crippen LogP contribution in [0.2, 0.25) is 0 Å². The van der Waals surface area contributed by atoms with Crippen LogP contribution in [0.4, 0.5) is 0 Å². The number of allylic oxidation sites excluding steroid dienone is 15. The molecule has 0 heterocycles. The summed E-state index contributed by atoms with van der Waals surface area (Å²) >= 11 is 0. The maximum atomic E-state index is 13.5. The molecule has 0 aromatic rings. The number of nitrogens with zero attached hydrogens (tertiary/aromatic N) is 1. The van der Waals surface area contributed by atoms with Gasteiger partial charge in [-0.1, -0.05) is 215 Å². The summed E-state index contributed by atoms with van der Waals surface area (Å²) in [6.07, 6.45) is 71.1. The van der Waals surface area contributed by atoms with E-state index in [0.717, 1.165) is 96.3 Å². The molecule has 426 valence electrons. The fourth-order valence-corrected chi connectivity index (χ4v) is 8.78. The van der Waals surface area contributed by atoms with E-state index in [2.05, 4.69) is 111 Å². The third kappa shape index (κ3) is 53.7. The normalized spacial score (nSPS) is 14.4. The van der Waals surface area contributed by atoms with E-state index in [1.165, 1.54) is 103 Å². The summed E-state index contributed by atoms with van der Waals surface area (Å²) < 4.78 is 30.6. The molecule has 0 rings (SSSR count). The number of ether oxygens (including phenoxy) is 1. The molecule has 0 radical (unpaired) electrons. The molecule has 9 nitrogen and oxygen atoms in total. The van der Waals surface area contributed by atoms with Gasteiger partial charge in [0.2, 0.25) is 5.91 Å². The Morgan fingerprint density at radius 1 is 0.473 bits per heavy atom.